The van der Waals surface area contributed by atoms with Gasteiger partial charge in [-0.2, -0.15) is 0 Å². The van der Waals surface area contributed by atoms with Gasteiger partial charge in [0.25, 0.3) is 0 Å². The highest BCUT2D eigenvalue weighted by Crippen LogP contribution is 2.34. The Kier molecular flexibility index (Phi) is 3.23. The third-order valence-corrected chi connectivity index (χ3v) is 4.32. The minimum Gasteiger partial charge on any atom is -0.496 e. The Morgan fingerprint density at radius 3 is 1.65 bits per heavy atom. The van der Waals surface area contributed by atoms with E-state index in [0.29, 0.717) is 0 Å². The lowest BCUT2D eigenvalue weighted by molar-refractivity contribution is 0.419. The molecule has 2 heterocycles. The molecule has 23 heavy (non-hydrogen) atoms. The maximum Gasteiger partial charge on any atom is 0.128 e. The van der Waals surface area contributed by atoms with Crippen LogP contribution in [0.5, 0.6) is 11.5 Å². The van der Waals surface area contributed by atoms with E-state index < -0.39 is 0 Å². The Morgan fingerprint density at radius 1 is 0.739 bits per heavy atom. The fourth-order valence-electron chi connectivity index (χ4n) is 3.26. The summed E-state index contributed by atoms with van der Waals surface area (Å²) in [5, 5.41) is 2.28. The molecule has 2 aromatic carbocycles. The summed E-state index contributed by atoms with van der Waals surface area (Å²) < 4.78 is 11.1. The van der Waals surface area contributed by atoms with Crippen LogP contribution in [0.25, 0.3) is 21.8 Å². The molecule has 4 rings (SSSR count). The maximum absolute atomic E-state index is 5.53. The van der Waals surface area contributed by atoms with Crippen molar-refractivity contribution in [3.8, 4) is 11.5 Å². The Labute approximate surface area is 134 Å². The van der Waals surface area contributed by atoms with Gasteiger partial charge in [-0.15, -0.1) is 0 Å². The van der Waals surface area contributed by atoms with Crippen molar-refractivity contribution in [2.24, 2.45) is 0 Å². The number of rotatable bonds is 4. The molecular weight excluding hydrogens is 288 g/mol. The van der Waals surface area contributed by atoms with Crippen molar-refractivity contribution in [2.45, 2.75) is 6.42 Å². The summed E-state index contributed by atoms with van der Waals surface area (Å²) in [4.78, 5) is 6.66. The molecule has 4 aromatic rings. The number of fused-ring (bicyclic) bond motifs is 2. The van der Waals surface area contributed by atoms with Gasteiger partial charge in [-0.25, -0.2) is 0 Å². The number of aromatic amines is 2. The van der Waals surface area contributed by atoms with Crippen molar-refractivity contribution >= 4 is 21.8 Å². The lowest BCUT2D eigenvalue weighted by Gasteiger charge is -2.06. The molecule has 0 atom stereocenters. The van der Waals surface area contributed by atoms with Gasteiger partial charge >= 0.3 is 0 Å². The monoisotopic (exact) mass is 306 g/mol. The fraction of sp³-hybridized carbons (Fsp3) is 0.158. The highest BCUT2D eigenvalue weighted by atomic mass is 16.5. The van der Waals surface area contributed by atoms with Crippen LogP contribution in [0.2, 0.25) is 0 Å². The molecule has 2 aromatic heterocycles. The Hall–Kier alpha value is -2.88. The van der Waals surface area contributed by atoms with Crippen LogP contribution in [0.1, 0.15) is 11.1 Å². The highest BCUT2D eigenvalue weighted by Gasteiger charge is 2.14. The smallest absolute Gasteiger partial charge is 0.128 e. The third-order valence-electron chi connectivity index (χ3n) is 4.32. The number of nitrogens with one attached hydrogen (secondary N) is 2. The molecule has 0 spiro atoms. The van der Waals surface area contributed by atoms with Gasteiger partial charge in [0, 0.05) is 40.6 Å². The quantitative estimate of drug-likeness (QED) is 0.592. The second-order valence-electron chi connectivity index (χ2n) is 5.57. The fourth-order valence-corrected chi connectivity index (χ4v) is 3.26. The molecule has 4 heteroatoms. The van der Waals surface area contributed by atoms with E-state index in [1.807, 2.05) is 24.3 Å². The first kappa shape index (κ1) is 13.8. The van der Waals surface area contributed by atoms with Crippen molar-refractivity contribution in [3.05, 3.63) is 59.9 Å². The third kappa shape index (κ3) is 2.14. The van der Waals surface area contributed by atoms with E-state index in [-0.39, 0.29) is 0 Å². The largest absolute Gasteiger partial charge is 0.496 e. The van der Waals surface area contributed by atoms with E-state index >= 15 is 0 Å². The summed E-state index contributed by atoms with van der Waals surface area (Å²) in [5.74, 6) is 1.79. The second kappa shape index (κ2) is 5.39. The van der Waals surface area contributed by atoms with E-state index in [2.05, 4.69) is 34.5 Å². The van der Waals surface area contributed by atoms with Crippen LogP contribution in [0.15, 0.2) is 48.8 Å². The molecule has 116 valence electrons. The van der Waals surface area contributed by atoms with Crippen molar-refractivity contribution in [2.75, 3.05) is 14.2 Å². The molecule has 0 saturated carbocycles. The van der Waals surface area contributed by atoms with Gasteiger partial charge in [-0.1, -0.05) is 12.1 Å². The molecule has 0 unspecified atom stereocenters. The van der Waals surface area contributed by atoms with E-state index in [1.54, 1.807) is 14.2 Å². The van der Waals surface area contributed by atoms with Crippen LogP contribution < -0.4 is 9.47 Å². The molecule has 0 aliphatic heterocycles. The Morgan fingerprint density at radius 2 is 1.22 bits per heavy atom. The first-order valence-corrected chi connectivity index (χ1v) is 7.57. The molecule has 0 saturated heterocycles. The SMILES string of the molecule is COc1cccc2[nH]cc(Cc3c[nH]c4cccc(OC)c34)c12. The van der Waals surface area contributed by atoms with Crippen molar-refractivity contribution in [3.63, 3.8) is 0 Å². The van der Waals surface area contributed by atoms with Crippen LogP contribution in [0.4, 0.5) is 0 Å². The highest BCUT2D eigenvalue weighted by molar-refractivity contribution is 5.92. The molecule has 0 amide bonds. The van der Waals surface area contributed by atoms with Gasteiger partial charge < -0.3 is 19.4 Å². The van der Waals surface area contributed by atoms with Crippen molar-refractivity contribution in [1.29, 1.82) is 0 Å². The summed E-state index contributed by atoms with van der Waals surface area (Å²) in [6.45, 7) is 0. The molecule has 0 aliphatic carbocycles. The number of ether oxygens (including phenoxy) is 2. The minimum atomic E-state index is 0.806. The predicted molar refractivity (Wildman–Crippen MR) is 92.5 cm³/mol. The first-order valence-electron chi connectivity index (χ1n) is 7.57. The predicted octanol–water partition coefficient (Wildman–Crippen LogP) is 4.26. The van der Waals surface area contributed by atoms with Crippen LogP contribution >= 0.6 is 0 Å². The molecule has 0 radical (unpaired) electrons. The molecule has 0 bridgehead atoms. The number of benzene rings is 2. The number of H-pyrrole nitrogens is 2. The number of methoxy groups -OCH3 is 2. The zero-order chi connectivity index (χ0) is 15.8. The molecule has 0 fully saturated rings. The van der Waals surface area contributed by atoms with E-state index in [4.69, 9.17) is 9.47 Å². The van der Waals surface area contributed by atoms with Crippen LogP contribution in [-0.2, 0) is 6.42 Å². The van der Waals surface area contributed by atoms with Gasteiger partial charge in [0.05, 0.1) is 14.2 Å². The zero-order valence-electron chi connectivity index (χ0n) is 13.1. The average molecular weight is 306 g/mol. The van der Waals surface area contributed by atoms with Gasteiger partial charge in [0.1, 0.15) is 11.5 Å². The van der Waals surface area contributed by atoms with Crippen LogP contribution in [0, 0.1) is 0 Å². The minimum absolute atomic E-state index is 0.806. The summed E-state index contributed by atoms with van der Waals surface area (Å²) in [6.07, 6.45) is 4.92. The molecule has 0 aliphatic rings. The summed E-state index contributed by atoms with van der Waals surface area (Å²) in [6, 6.07) is 12.1. The Balaban J connectivity index is 1.86. The molecule has 2 N–H and O–H groups in total. The molecule has 4 nitrogen and oxygen atoms in total. The standard InChI is InChI=1S/C19H18N2O2/c1-22-16-7-3-5-14-18(16)12(10-20-14)9-13-11-21-15-6-4-8-17(23-2)19(13)15/h3-8,10-11,20-21H,9H2,1-2H3. The van der Waals surface area contributed by atoms with Crippen molar-refractivity contribution < 1.29 is 9.47 Å². The van der Waals surface area contributed by atoms with Gasteiger partial charge in [-0.05, 0) is 35.4 Å². The van der Waals surface area contributed by atoms with E-state index in [0.717, 1.165) is 39.7 Å². The van der Waals surface area contributed by atoms with Crippen LogP contribution in [-0.4, -0.2) is 24.2 Å². The first-order chi connectivity index (χ1) is 11.3. The van der Waals surface area contributed by atoms with E-state index in [1.165, 1.54) is 11.1 Å². The van der Waals surface area contributed by atoms with Gasteiger partial charge in [-0.3, -0.25) is 0 Å². The van der Waals surface area contributed by atoms with Crippen molar-refractivity contribution in [1.82, 2.24) is 9.97 Å². The lowest BCUT2D eigenvalue weighted by atomic mass is 10.0. The van der Waals surface area contributed by atoms with Crippen LogP contribution in [0.3, 0.4) is 0 Å². The number of hydrogen-bond donors (Lipinski definition) is 2. The average Bonchev–Trinajstić information content (AvgIpc) is 3.19. The van der Waals surface area contributed by atoms with Gasteiger partial charge in [0.15, 0.2) is 0 Å². The number of aromatic nitrogens is 2. The van der Waals surface area contributed by atoms with Gasteiger partial charge in [0.2, 0.25) is 0 Å². The molecular formula is C19H18N2O2. The van der Waals surface area contributed by atoms with E-state index in [9.17, 15) is 0 Å². The summed E-state index contributed by atoms with van der Waals surface area (Å²) in [5.41, 5.74) is 4.60. The normalized spacial score (nSPS) is 11.2. The lowest BCUT2D eigenvalue weighted by Crippen LogP contribution is -1.90. The Bertz CT molecular complexity index is 902. The topological polar surface area (TPSA) is 50.0 Å². The summed E-state index contributed by atoms with van der Waals surface area (Å²) in [7, 11) is 3.42. The summed E-state index contributed by atoms with van der Waals surface area (Å²) >= 11 is 0. The second-order valence-corrected chi connectivity index (χ2v) is 5.57. The zero-order valence-corrected chi connectivity index (χ0v) is 13.1. The number of hydrogen-bond acceptors (Lipinski definition) is 2. The maximum atomic E-state index is 5.53.